The van der Waals surface area contributed by atoms with E-state index in [2.05, 4.69) is 14.8 Å². The van der Waals surface area contributed by atoms with Crippen LogP contribution in [0.1, 0.15) is 17.3 Å². The van der Waals surface area contributed by atoms with E-state index in [0.717, 1.165) is 37.4 Å². The van der Waals surface area contributed by atoms with Crippen LogP contribution in [-0.4, -0.2) is 42.0 Å². The lowest BCUT2D eigenvalue weighted by Gasteiger charge is -2.39. The van der Waals surface area contributed by atoms with Gasteiger partial charge in [0.15, 0.2) is 0 Å². The zero-order valence-corrected chi connectivity index (χ0v) is 13.3. The molecular formula is C18H19N5O. The van der Waals surface area contributed by atoms with Crippen molar-refractivity contribution >= 4 is 11.6 Å². The molecule has 1 fully saturated rings. The van der Waals surface area contributed by atoms with Gasteiger partial charge in [-0.05, 0) is 17.7 Å². The van der Waals surface area contributed by atoms with Crippen LogP contribution in [0.2, 0.25) is 0 Å². The molecule has 3 rings (SSSR count). The van der Waals surface area contributed by atoms with Crippen molar-refractivity contribution in [3.05, 3.63) is 59.9 Å². The van der Waals surface area contributed by atoms with Crippen molar-refractivity contribution in [3.63, 3.8) is 0 Å². The van der Waals surface area contributed by atoms with Gasteiger partial charge < -0.3 is 10.6 Å². The number of rotatable bonds is 4. The predicted octanol–water partition coefficient (Wildman–Crippen LogP) is 1.30. The van der Waals surface area contributed by atoms with Gasteiger partial charge in [0.1, 0.15) is 17.8 Å². The van der Waals surface area contributed by atoms with Crippen LogP contribution in [0.4, 0.5) is 5.69 Å². The van der Waals surface area contributed by atoms with E-state index >= 15 is 0 Å². The largest absolute Gasteiger partial charge is 0.368 e. The number of aromatic nitrogens is 1. The molecule has 0 saturated carbocycles. The number of nitriles is 1. The number of hydrogen-bond donors (Lipinski definition) is 1. The first-order valence-corrected chi connectivity index (χ1v) is 7.88. The van der Waals surface area contributed by atoms with Gasteiger partial charge in [-0.2, -0.15) is 5.26 Å². The lowest BCUT2D eigenvalue weighted by molar-refractivity contribution is -0.123. The van der Waals surface area contributed by atoms with Crippen molar-refractivity contribution in [3.8, 4) is 6.07 Å². The van der Waals surface area contributed by atoms with Crippen LogP contribution in [0.25, 0.3) is 0 Å². The van der Waals surface area contributed by atoms with E-state index in [9.17, 15) is 4.79 Å². The third-order valence-corrected chi connectivity index (χ3v) is 4.29. The molecule has 6 heteroatoms. The maximum absolute atomic E-state index is 11.9. The van der Waals surface area contributed by atoms with Crippen LogP contribution < -0.4 is 10.6 Å². The van der Waals surface area contributed by atoms with Crippen molar-refractivity contribution in [1.82, 2.24) is 9.88 Å². The number of anilines is 1. The number of amides is 1. The second kappa shape index (κ2) is 7.11. The first-order valence-electron chi connectivity index (χ1n) is 7.88. The number of hydrogen-bond acceptors (Lipinski definition) is 5. The molecule has 2 N–H and O–H groups in total. The summed E-state index contributed by atoms with van der Waals surface area (Å²) < 4.78 is 0. The number of carbonyl (C=O) groups excluding carboxylic acids is 1. The van der Waals surface area contributed by atoms with E-state index in [1.807, 2.05) is 42.5 Å². The Morgan fingerprint density at radius 3 is 2.38 bits per heavy atom. The fourth-order valence-electron chi connectivity index (χ4n) is 3.07. The van der Waals surface area contributed by atoms with Crippen LogP contribution in [-0.2, 0) is 4.79 Å². The Bertz CT molecular complexity index is 730. The molecule has 122 valence electrons. The molecule has 1 atom stereocenters. The molecule has 2 aromatic rings. The highest BCUT2D eigenvalue weighted by Crippen LogP contribution is 2.23. The molecule has 1 aromatic heterocycles. The van der Waals surface area contributed by atoms with Gasteiger partial charge in [-0.15, -0.1) is 0 Å². The monoisotopic (exact) mass is 321 g/mol. The third-order valence-electron chi connectivity index (χ3n) is 4.29. The average Bonchev–Trinajstić information content (AvgIpc) is 2.63. The molecule has 1 unspecified atom stereocenters. The van der Waals surface area contributed by atoms with E-state index in [-0.39, 0.29) is 5.91 Å². The maximum Gasteiger partial charge on any atom is 0.239 e. The summed E-state index contributed by atoms with van der Waals surface area (Å²) in [6, 6.07) is 14.9. The highest BCUT2D eigenvalue weighted by Gasteiger charge is 2.28. The molecule has 0 radical (unpaired) electrons. The Morgan fingerprint density at radius 1 is 1.12 bits per heavy atom. The van der Waals surface area contributed by atoms with Crippen LogP contribution in [0.3, 0.4) is 0 Å². The fraction of sp³-hybridized carbons (Fsp3) is 0.278. The summed E-state index contributed by atoms with van der Waals surface area (Å²) in [6.45, 7) is 3.04. The van der Waals surface area contributed by atoms with Crippen molar-refractivity contribution in [2.45, 2.75) is 6.04 Å². The molecule has 0 bridgehead atoms. The minimum absolute atomic E-state index is 0.324. The van der Waals surface area contributed by atoms with Crippen LogP contribution in [0.15, 0.2) is 48.7 Å². The van der Waals surface area contributed by atoms with E-state index in [4.69, 9.17) is 11.0 Å². The quantitative estimate of drug-likeness (QED) is 0.917. The molecule has 1 aromatic carbocycles. The zero-order chi connectivity index (χ0) is 16.9. The Morgan fingerprint density at radius 2 is 1.83 bits per heavy atom. The van der Waals surface area contributed by atoms with E-state index in [1.165, 1.54) is 0 Å². The second-order valence-electron chi connectivity index (χ2n) is 5.75. The summed E-state index contributed by atoms with van der Waals surface area (Å²) in [6.07, 6.45) is 1.72. The number of piperazine rings is 1. The van der Waals surface area contributed by atoms with Gasteiger partial charge in [0, 0.05) is 26.2 Å². The number of nitrogens with two attached hydrogens (primary N) is 1. The highest BCUT2D eigenvalue weighted by molar-refractivity contribution is 5.81. The summed E-state index contributed by atoms with van der Waals surface area (Å²) >= 11 is 0. The van der Waals surface area contributed by atoms with Gasteiger partial charge >= 0.3 is 0 Å². The minimum atomic E-state index is -0.396. The lowest BCUT2D eigenvalue weighted by Crippen LogP contribution is -2.50. The number of carbonyl (C=O) groups is 1. The summed E-state index contributed by atoms with van der Waals surface area (Å²) in [5, 5.41) is 8.82. The summed E-state index contributed by atoms with van der Waals surface area (Å²) in [5.41, 5.74) is 7.97. The normalized spacial score (nSPS) is 16.4. The van der Waals surface area contributed by atoms with Crippen LogP contribution in [0.5, 0.6) is 0 Å². The smallest absolute Gasteiger partial charge is 0.239 e. The van der Waals surface area contributed by atoms with Gasteiger partial charge in [0.05, 0.1) is 11.9 Å². The average molecular weight is 321 g/mol. The Kier molecular flexibility index (Phi) is 4.73. The van der Waals surface area contributed by atoms with Gasteiger partial charge in [-0.25, -0.2) is 4.98 Å². The van der Waals surface area contributed by atoms with Crippen molar-refractivity contribution in [1.29, 1.82) is 5.26 Å². The molecule has 6 nitrogen and oxygen atoms in total. The maximum atomic E-state index is 11.9. The van der Waals surface area contributed by atoms with Gasteiger partial charge in [0.25, 0.3) is 0 Å². The third kappa shape index (κ3) is 3.36. The van der Waals surface area contributed by atoms with Crippen LogP contribution >= 0.6 is 0 Å². The number of primary amides is 1. The van der Waals surface area contributed by atoms with Crippen LogP contribution in [0, 0.1) is 11.3 Å². The first-order chi connectivity index (χ1) is 11.7. The molecule has 1 amide bonds. The van der Waals surface area contributed by atoms with Gasteiger partial charge in [-0.3, -0.25) is 9.69 Å². The summed E-state index contributed by atoms with van der Waals surface area (Å²) in [4.78, 5) is 20.4. The molecule has 2 heterocycles. The Hall–Kier alpha value is -2.91. The van der Waals surface area contributed by atoms with Crippen molar-refractivity contribution in [2.24, 2.45) is 5.73 Å². The molecule has 24 heavy (non-hydrogen) atoms. The molecule has 1 aliphatic heterocycles. The zero-order valence-electron chi connectivity index (χ0n) is 13.3. The topological polar surface area (TPSA) is 86.3 Å². The highest BCUT2D eigenvalue weighted by atomic mass is 16.1. The van der Waals surface area contributed by atoms with E-state index in [1.54, 1.807) is 12.3 Å². The fourth-order valence-corrected chi connectivity index (χ4v) is 3.07. The number of nitrogens with zero attached hydrogens (tertiary/aromatic N) is 4. The summed E-state index contributed by atoms with van der Waals surface area (Å²) in [5.74, 6) is -0.324. The minimum Gasteiger partial charge on any atom is -0.368 e. The molecule has 0 spiro atoms. The van der Waals surface area contributed by atoms with Crippen molar-refractivity contribution < 1.29 is 4.79 Å². The number of pyridine rings is 1. The molecular weight excluding hydrogens is 302 g/mol. The predicted molar refractivity (Wildman–Crippen MR) is 91.1 cm³/mol. The van der Waals surface area contributed by atoms with Crippen molar-refractivity contribution in [2.75, 3.05) is 31.1 Å². The first kappa shape index (κ1) is 16.0. The van der Waals surface area contributed by atoms with Gasteiger partial charge in [-0.1, -0.05) is 30.3 Å². The van der Waals surface area contributed by atoms with E-state index in [0.29, 0.717) is 5.69 Å². The van der Waals surface area contributed by atoms with E-state index < -0.39 is 6.04 Å². The number of benzene rings is 1. The molecule has 1 aliphatic rings. The second-order valence-corrected chi connectivity index (χ2v) is 5.75. The Balaban J connectivity index is 1.69. The molecule has 1 saturated heterocycles. The SMILES string of the molecule is N#Cc1ccc(N2CCN(C(C(N)=O)c3ccccc3)CC2)cn1. The summed E-state index contributed by atoms with van der Waals surface area (Å²) in [7, 11) is 0. The standard InChI is InChI=1S/C18H19N5O/c19-12-15-6-7-16(13-21-15)22-8-10-23(11-9-22)17(18(20)24)14-4-2-1-3-5-14/h1-7,13,17H,8-11H2,(H2,20,24). The van der Waals surface area contributed by atoms with Gasteiger partial charge in [0.2, 0.25) is 5.91 Å². The molecule has 0 aliphatic carbocycles. The Labute approximate surface area is 141 Å². The lowest BCUT2D eigenvalue weighted by atomic mass is 10.0.